The summed E-state index contributed by atoms with van der Waals surface area (Å²) >= 11 is 0. The quantitative estimate of drug-likeness (QED) is 0.140. The maximum Gasteiger partial charge on any atom is 0.0547 e. The van der Waals surface area contributed by atoms with E-state index in [2.05, 4.69) is 258 Å². The second-order valence-corrected chi connectivity index (χ2v) is 18.8. The highest BCUT2D eigenvalue weighted by molar-refractivity contribution is 6.32. The molecule has 12 aromatic carbocycles. The number of nitrogens with zero attached hydrogens (tertiary/aromatic N) is 2. The van der Waals surface area contributed by atoms with Gasteiger partial charge < -0.3 is 9.80 Å². The van der Waals surface area contributed by atoms with E-state index in [0.29, 0.717) is 0 Å². The Morgan fingerprint density at radius 1 is 0.265 bits per heavy atom. The molecule has 12 rings (SSSR count). The Morgan fingerprint density at radius 2 is 0.603 bits per heavy atom. The fraction of sp³-hybridized carbons (Fsp3) is 0.0909. The number of aryl methyl sites for hydroxylation is 4. The van der Waals surface area contributed by atoms with Gasteiger partial charge in [0.15, 0.2) is 0 Å². The second-order valence-electron chi connectivity index (χ2n) is 18.8. The SMILES string of the molecule is Cc1cc(N(c2cccc3ccccc23)c2cc(-c3ccccc3)c3ccc4c(N(c5cc(C)c(C)c(C)c5)c5cccc6ccccc56)cc(-c5ccccc5)c5ccc2c3c54)cc(C)c1C. The van der Waals surface area contributed by atoms with Crippen LogP contribution in [0.5, 0.6) is 0 Å². The van der Waals surface area contributed by atoms with Gasteiger partial charge >= 0.3 is 0 Å². The van der Waals surface area contributed by atoms with Gasteiger partial charge in [-0.3, -0.25) is 0 Å². The molecule has 2 heteroatoms. The van der Waals surface area contributed by atoms with Crippen molar-refractivity contribution in [1.29, 1.82) is 0 Å². The molecule has 0 saturated heterocycles. The Kier molecular flexibility index (Phi) is 9.88. The standard InChI is InChI=1S/C66H52N2/c1-41-35-51(36-42(2)45(41)5)67(61-29-17-25-47-23-13-15-27-53(47)61)63-39-59(49-19-9-7-10-20-49)55-32-34-58-64(40-60(50-21-11-8-12-22-50)56-31-33-57(63)65(55)66(56)58)68(52-37-43(3)46(6)44(4)38-52)62-30-18-26-48-24-14-16-28-54(48)62/h7-40H,1-6H3. The van der Waals surface area contributed by atoms with Crippen molar-refractivity contribution in [1.82, 2.24) is 0 Å². The molecule has 2 nitrogen and oxygen atoms in total. The molecular weight excluding hydrogens is 821 g/mol. The number of anilines is 6. The summed E-state index contributed by atoms with van der Waals surface area (Å²) in [5.41, 5.74) is 19.4. The Labute approximate surface area is 399 Å². The van der Waals surface area contributed by atoms with Crippen LogP contribution < -0.4 is 9.80 Å². The van der Waals surface area contributed by atoms with Crippen molar-refractivity contribution in [3.8, 4) is 22.3 Å². The molecule has 0 radical (unpaired) electrons. The largest absolute Gasteiger partial charge is 0.309 e. The lowest BCUT2D eigenvalue weighted by atomic mass is 9.85. The zero-order valence-electron chi connectivity index (χ0n) is 39.5. The molecule has 12 aromatic rings. The molecule has 0 bridgehead atoms. The van der Waals surface area contributed by atoms with Crippen LogP contribution in [0.3, 0.4) is 0 Å². The molecule has 0 aromatic heterocycles. The molecule has 0 fully saturated rings. The van der Waals surface area contributed by atoms with Crippen LogP contribution in [0.4, 0.5) is 34.1 Å². The number of rotatable bonds is 8. The first-order chi connectivity index (χ1) is 33.2. The minimum Gasteiger partial charge on any atom is -0.309 e. The fourth-order valence-corrected chi connectivity index (χ4v) is 10.9. The summed E-state index contributed by atoms with van der Waals surface area (Å²) in [5, 5.41) is 12.2. The average molecular weight is 873 g/mol. The maximum atomic E-state index is 2.54. The normalized spacial score (nSPS) is 11.7. The van der Waals surface area contributed by atoms with Crippen molar-refractivity contribution in [3.05, 3.63) is 240 Å². The first kappa shape index (κ1) is 41.2. The summed E-state index contributed by atoms with van der Waals surface area (Å²) in [6, 6.07) is 77.1. The van der Waals surface area contributed by atoms with Crippen LogP contribution in [0.25, 0.3) is 76.1 Å². The van der Waals surface area contributed by atoms with Crippen LogP contribution in [0, 0.1) is 41.5 Å². The van der Waals surface area contributed by atoms with E-state index in [1.54, 1.807) is 0 Å². The number of hydrogen-bond acceptors (Lipinski definition) is 2. The van der Waals surface area contributed by atoms with E-state index >= 15 is 0 Å². The molecule has 0 spiro atoms. The van der Waals surface area contributed by atoms with E-state index in [0.717, 1.165) is 34.1 Å². The molecular formula is C66H52N2. The Hall–Kier alpha value is -8.20. The van der Waals surface area contributed by atoms with Crippen LogP contribution in [-0.2, 0) is 0 Å². The van der Waals surface area contributed by atoms with Crippen molar-refractivity contribution < 1.29 is 0 Å². The summed E-state index contributed by atoms with van der Waals surface area (Å²) in [4.78, 5) is 5.08. The van der Waals surface area contributed by atoms with Crippen molar-refractivity contribution in [3.63, 3.8) is 0 Å². The zero-order valence-corrected chi connectivity index (χ0v) is 39.5. The number of benzene rings is 12. The van der Waals surface area contributed by atoms with E-state index < -0.39 is 0 Å². The lowest BCUT2D eigenvalue weighted by molar-refractivity contribution is 1.22. The predicted octanol–water partition coefficient (Wildman–Crippen LogP) is 19.0. The molecule has 68 heavy (non-hydrogen) atoms. The van der Waals surface area contributed by atoms with Crippen LogP contribution >= 0.6 is 0 Å². The van der Waals surface area contributed by atoms with E-state index in [9.17, 15) is 0 Å². The predicted molar refractivity (Wildman–Crippen MR) is 294 cm³/mol. The van der Waals surface area contributed by atoms with Gasteiger partial charge in [-0.05, 0) is 167 Å². The first-order valence-electron chi connectivity index (χ1n) is 23.8. The van der Waals surface area contributed by atoms with Crippen molar-refractivity contribution in [2.45, 2.75) is 41.5 Å². The molecule has 0 aliphatic carbocycles. The summed E-state index contributed by atoms with van der Waals surface area (Å²) in [7, 11) is 0. The van der Waals surface area contributed by atoms with Gasteiger partial charge in [-0.15, -0.1) is 0 Å². The zero-order chi connectivity index (χ0) is 46.2. The summed E-state index contributed by atoms with van der Waals surface area (Å²) in [5.74, 6) is 0. The van der Waals surface area contributed by atoms with E-state index in [-0.39, 0.29) is 0 Å². The molecule has 326 valence electrons. The third-order valence-corrected chi connectivity index (χ3v) is 14.9. The third-order valence-electron chi connectivity index (χ3n) is 14.9. The van der Waals surface area contributed by atoms with Gasteiger partial charge in [-0.1, -0.05) is 158 Å². The van der Waals surface area contributed by atoms with Gasteiger partial charge in [0.2, 0.25) is 0 Å². The summed E-state index contributed by atoms with van der Waals surface area (Å²) in [6.07, 6.45) is 0. The molecule has 0 saturated carbocycles. The first-order valence-corrected chi connectivity index (χ1v) is 23.8. The molecule has 0 unspecified atom stereocenters. The number of hydrogen-bond donors (Lipinski definition) is 0. The van der Waals surface area contributed by atoms with Gasteiger partial charge in [0.1, 0.15) is 0 Å². The molecule has 0 amide bonds. The minimum absolute atomic E-state index is 1.15. The molecule has 0 heterocycles. The van der Waals surface area contributed by atoms with Crippen LogP contribution in [0.2, 0.25) is 0 Å². The van der Waals surface area contributed by atoms with Crippen molar-refractivity contribution in [2.24, 2.45) is 0 Å². The smallest absolute Gasteiger partial charge is 0.0547 e. The monoisotopic (exact) mass is 872 g/mol. The highest BCUT2D eigenvalue weighted by Crippen LogP contribution is 2.53. The highest BCUT2D eigenvalue weighted by atomic mass is 15.2. The van der Waals surface area contributed by atoms with Gasteiger partial charge in [-0.2, -0.15) is 0 Å². The van der Waals surface area contributed by atoms with Crippen LogP contribution in [0.1, 0.15) is 33.4 Å². The maximum absolute atomic E-state index is 2.54. The van der Waals surface area contributed by atoms with E-state index in [1.807, 2.05) is 0 Å². The van der Waals surface area contributed by atoms with Gasteiger partial charge in [0.05, 0.1) is 22.7 Å². The molecule has 0 N–H and O–H groups in total. The van der Waals surface area contributed by atoms with Crippen molar-refractivity contribution >= 4 is 88.0 Å². The van der Waals surface area contributed by atoms with E-state index in [1.165, 1.54) is 109 Å². The highest BCUT2D eigenvalue weighted by Gasteiger charge is 2.27. The second kappa shape index (κ2) is 16.3. The average Bonchev–Trinajstić information content (AvgIpc) is 3.37. The van der Waals surface area contributed by atoms with Gasteiger partial charge in [0.25, 0.3) is 0 Å². The topological polar surface area (TPSA) is 6.48 Å². The molecule has 0 aliphatic heterocycles. The number of fused-ring (bicyclic) bond motifs is 2. The molecule has 0 atom stereocenters. The third kappa shape index (κ3) is 6.62. The lowest BCUT2D eigenvalue weighted by Gasteiger charge is -2.32. The minimum atomic E-state index is 1.15. The van der Waals surface area contributed by atoms with Gasteiger partial charge in [0, 0.05) is 43.7 Å². The van der Waals surface area contributed by atoms with Crippen molar-refractivity contribution in [2.75, 3.05) is 9.80 Å². The van der Waals surface area contributed by atoms with Crippen LogP contribution in [0.15, 0.2) is 206 Å². The Morgan fingerprint density at radius 3 is 1.00 bits per heavy atom. The Bertz CT molecular complexity index is 3610. The molecule has 0 aliphatic rings. The Balaban J connectivity index is 1.27. The lowest BCUT2D eigenvalue weighted by Crippen LogP contribution is -2.13. The van der Waals surface area contributed by atoms with E-state index in [4.69, 9.17) is 0 Å². The van der Waals surface area contributed by atoms with Crippen LogP contribution in [-0.4, -0.2) is 0 Å². The van der Waals surface area contributed by atoms with Gasteiger partial charge in [-0.25, -0.2) is 0 Å². The fourth-order valence-electron chi connectivity index (χ4n) is 10.9. The summed E-state index contributed by atoms with van der Waals surface area (Å²) in [6.45, 7) is 13.5. The summed E-state index contributed by atoms with van der Waals surface area (Å²) < 4.78 is 0.